The zero-order chi connectivity index (χ0) is 18.3. The molecule has 1 amide bonds. The molecule has 0 saturated carbocycles. The van der Waals surface area contributed by atoms with Crippen molar-refractivity contribution in [2.75, 3.05) is 13.1 Å². The zero-order valence-corrected chi connectivity index (χ0v) is 14.5. The van der Waals surface area contributed by atoms with Gasteiger partial charge >= 0.3 is 5.69 Å². The highest BCUT2D eigenvalue weighted by Crippen LogP contribution is 2.25. The molecular weight excluding hydrogens is 332 g/mol. The monoisotopic (exact) mass is 352 g/mol. The molecule has 1 aliphatic rings. The SMILES string of the molecule is Cn1cc(C(=O)N2CCC(n3c(=O)[nH]c4ccccc43)CC2)ccc1=O. The Balaban J connectivity index is 1.52. The normalized spacial score (nSPS) is 15.5. The second-order valence-electron chi connectivity index (χ2n) is 6.71. The van der Waals surface area contributed by atoms with Crippen LogP contribution in [0.4, 0.5) is 0 Å². The minimum absolute atomic E-state index is 0.0721. The van der Waals surface area contributed by atoms with E-state index in [-0.39, 0.29) is 23.2 Å². The van der Waals surface area contributed by atoms with Crippen molar-refractivity contribution in [3.8, 4) is 0 Å². The van der Waals surface area contributed by atoms with E-state index in [4.69, 9.17) is 0 Å². The van der Waals surface area contributed by atoms with Crippen LogP contribution in [0.2, 0.25) is 0 Å². The van der Waals surface area contributed by atoms with Crippen LogP contribution in [0.15, 0.2) is 52.2 Å². The Bertz CT molecular complexity index is 1080. The van der Waals surface area contributed by atoms with Crippen LogP contribution in [0.1, 0.15) is 29.2 Å². The number of piperidine rings is 1. The maximum atomic E-state index is 12.7. The summed E-state index contributed by atoms with van der Waals surface area (Å²) in [6.45, 7) is 1.16. The fourth-order valence-corrected chi connectivity index (χ4v) is 3.67. The number of amides is 1. The van der Waals surface area contributed by atoms with E-state index in [0.717, 1.165) is 23.9 Å². The highest BCUT2D eigenvalue weighted by atomic mass is 16.2. The third-order valence-corrected chi connectivity index (χ3v) is 5.07. The molecule has 26 heavy (non-hydrogen) atoms. The van der Waals surface area contributed by atoms with Crippen LogP contribution in [-0.4, -0.2) is 38.0 Å². The highest BCUT2D eigenvalue weighted by molar-refractivity contribution is 5.94. The maximum absolute atomic E-state index is 12.7. The van der Waals surface area contributed by atoms with Crippen molar-refractivity contribution in [2.45, 2.75) is 18.9 Å². The molecule has 7 heteroatoms. The van der Waals surface area contributed by atoms with Crippen LogP contribution >= 0.6 is 0 Å². The number of nitrogens with one attached hydrogen (secondary N) is 1. The van der Waals surface area contributed by atoms with Crippen molar-refractivity contribution >= 4 is 16.9 Å². The summed E-state index contributed by atoms with van der Waals surface area (Å²) in [5.74, 6) is -0.0784. The standard InChI is InChI=1S/C19H20N4O3/c1-21-12-13(6-7-17(21)24)18(25)22-10-8-14(9-11-22)23-16-5-3-2-4-15(16)20-19(23)26/h2-7,12,14H,8-11H2,1H3,(H,20,26). The largest absolute Gasteiger partial charge is 0.338 e. The van der Waals surface area contributed by atoms with Crippen molar-refractivity contribution in [1.29, 1.82) is 0 Å². The lowest BCUT2D eigenvalue weighted by Crippen LogP contribution is -2.40. The Morgan fingerprint density at radius 1 is 1.08 bits per heavy atom. The van der Waals surface area contributed by atoms with Gasteiger partial charge in [-0.3, -0.25) is 14.2 Å². The van der Waals surface area contributed by atoms with Crippen molar-refractivity contribution < 1.29 is 4.79 Å². The summed E-state index contributed by atoms with van der Waals surface area (Å²) in [5, 5.41) is 0. The predicted molar refractivity (Wildman–Crippen MR) is 98.4 cm³/mol. The van der Waals surface area contributed by atoms with E-state index in [1.165, 1.54) is 10.6 Å². The van der Waals surface area contributed by atoms with Gasteiger partial charge in [0.1, 0.15) is 0 Å². The van der Waals surface area contributed by atoms with E-state index in [0.29, 0.717) is 18.7 Å². The number of carbonyl (C=O) groups excluding carboxylic acids is 1. The third kappa shape index (κ3) is 2.75. The van der Waals surface area contributed by atoms with Gasteiger partial charge in [0.25, 0.3) is 5.91 Å². The fourth-order valence-electron chi connectivity index (χ4n) is 3.67. The van der Waals surface area contributed by atoms with Crippen molar-refractivity contribution in [1.82, 2.24) is 19.0 Å². The molecule has 0 atom stereocenters. The zero-order valence-electron chi connectivity index (χ0n) is 14.5. The Morgan fingerprint density at radius 2 is 1.81 bits per heavy atom. The van der Waals surface area contributed by atoms with Gasteiger partial charge in [-0.15, -0.1) is 0 Å². The molecule has 2 aromatic heterocycles. The molecule has 3 heterocycles. The van der Waals surface area contributed by atoms with Gasteiger partial charge in [-0.2, -0.15) is 0 Å². The average Bonchev–Trinajstić information content (AvgIpc) is 2.99. The van der Waals surface area contributed by atoms with E-state index in [1.54, 1.807) is 24.2 Å². The van der Waals surface area contributed by atoms with Crippen LogP contribution in [0, 0.1) is 0 Å². The van der Waals surface area contributed by atoms with Gasteiger partial charge in [-0.1, -0.05) is 12.1 Å². The highest BCUT2D eigenvalue weighted by Gasteiger charge is 2.26. The third-order valence-electron chi connectivity index (χ3n) is 5.07. The van der Waals surface area contributed by atoms with E-state index >= 15 is 0 Å². The molecule has 4 rings (SSSR count). The van der Waals surface area contributed by atoms with Gasteiger partial charge in [0.2, 0.25) is 5.56 Å². The first-order chi connectivity index (χ1) is 12.5. The molecule has 0 aliphatic carbocycles. The van der Waals surface area contributed by atoms with Gasteiger partial charge in [0.15, 0.2) is 0 Å². The number of aromatic nitrogens is 3. The molecule has 0 bridgehead atoms. The number of H-pyrrole nitrogens is 1. The minimum Gasteiger partial charge on any atom is -0.338 e. The number of imidazole rings is 1. The summed E-state index contributed by atoms with van der Waals surface area (Å²) in [4.78, 5) is 41.2. The number of likely N-dealkylation sites (tertiary alicyclic amines) is 1. The molecule has 7 nitrogen and oxygen atoms in total. The number of fused-ring (bicyclic) bond motifs is 1. The summed E-state index contributed by atoms with van der Waals surface area (Å²) in [6.07, 6.45) is 3.01. The lowest BCUT2D eigenvalue weighted by atomic mass is 10.0. The maximum Gasteiger partial charge on any atom is 0.326 e. The lowest BCUT2D eigenvalue weighted by Gasteiger charge is -2.32. The summed E-state index contributed by atoms with van der Waals surface area (Å²) in [6, 6.07) is 10.7. The number of nitrogens with zero attached hydrogens (tertiary/aromatic N) is 3. The van der Waals surface area contributed by atoms with Gasteiger partial charge < -0.3 is 14.5 Å². The minimum atomic E-state index is -0.140. The van der Waals surface area contributed by atoms with E-state index in [1.807, 2.05) is 28.8 Å². The second kappa shape index (κ2) is 6.33. The first-order valence-corrected chi connectivity index (χ1v) is 8.70. The first kappa shape index (κ1) is 16.4. The summed E-state index contributed by atoms with van der Waals surface area (Å²) in [7, 11) is 1.63. The van der Waals surface area contributed by atoms with E-state index in [9.17, 15) is 14.4 Å². The number of benzene rings is 1. The Morgan fingerprint density at radius 3 is 2.54 bits per heavy atom. The molecule has 0 radical (unpaired) electrons. The number of pyridine rings is 1. The van der Waals surface area contributed by atoms with Crippen LogP contribution in [0.3, 0.4) is 0 Å². The molecule has 1 N–H and O–H groups in total. The summed E-state index contributed by atoms with van der Waals surface area (Å²) >= 11 is 0. The molecule has 1 saturated heterocycles. The lowest BCUT2D eigenvalue weighted by molar-refractivity contribution is 0.0694. The summed E-state index contributed by atoms with van der Waals surface area (Å²) in [5.41, 5.74) is 2.00. The van der Waals surface area contributed by atoms with E-state index in [2.05, 4.69) is 4.98 Å². The van der Waals surface area contributed by atoms with Gasteiger partial charge in [0, 0.05) is 38.4 Å². The second-order valence-corrected chi connectivity index (χ2v) is 6.71. The molecule has 1 aromatic carbocycles. The number of hydrogen-bond donors (Lipinski definition) is 1. The van der Waals surface area contributed by atoms with Crippen molar-refractivity contribution in [2.24, 2.45) is 7.05 Å². The number of para-hydroxylation sites is 2. The van der Waals surface area contributed by atoms with E-state index < -0.39 is 0 Å². The Kier molecular flexibility index (Phi) is 3.99. The average molecular weight is 352 g/mol. The smallest absolute Gasteiger partial charge is 0.326 e. The van der Waals surface area contributed by atoms with Gasteiger partial charge in [0.05, 0.1) is 16.6 Å². The molecular formula is C19H20N4O3. The predicted octanol–water partition coefficient (Wildman–Crippen LogP) is 1.51. The van der Waals surface area contributed by atoms with Crippen molar-refractivity contribution in [3.05, 3.63) is 69.0 Å². The topological polar surface area (TPSA) is 80.1 Å². The Labute approximate surface area is 149 Å². The van der Waals surface area contributed by atoms with Gasteiger partial charge in [-0.05, 0) is 31.0 Å². The van der Waals surface area contributed by atoms with Crippen LogP contribution in [0.25, 0.3) is 11.0 Å². The number of aromatic amines is 1. The fraction of sp³-hybridized carbons (Fsp3) is 0.316. The molecule has 0 unspecified atom stereocenters. The molecule has 1 fully saturated rings. The molecule has 1 aliphatic heterocycles. The first-order valence-electron chi connectivity index (χ1n) is 8.70. The molecule has 3 aromatic rings. The Hall–Kier alpha value is -3.09. The van der Waals surface area contributed by atoms with Crippen molar-refractivity contribution in [3.63, 3.8) is 0 Å². The van der Waals surface area contributed by atoms with Crippen LogP contribution in [0.5, 0.6) is 0 Å². The molecule has 0 spiro atoms. The van der Waals surface area contributed by atoms with Crippen LogP contribution < -0.4 is 11.2 Å². The van der Waals surface area contributed by atoms with Gasteiger partial charge in [-0.25, -0.2) is 4.79 Å². The number of rotatable bonds is 2. The number of carbonyl (C=O) groups is 1. The van der Waals surface area contributed by atoms with Crippen LogP contribution in [-0.2, 0) is 7.05 Å². The summed E-state index contributed by atoms with van der Waals surface area (Å²) < 4.78 is 3.22. The number of hydrogen-bond acceptors (Lipinski definition) is 3. The molecule has 134 valence electrons. The number of aryl methyl sites for hydroxylation is 1. The quantitative estimate of drug-likeness (QED) is 0.759.